The topological polar surface area (TPSA) is 58.2 Å². The van der Waals surface area contributed by atoms with E-state index in [4.69, 9.17) is 0 Å². The van der Waals surface area contributed by atoms with Gasteiger partial charge in [0.25, 0.3) is 0 Å². The van der Waals surface area contributed by atoms with Crippen LogP contribution in [0.2, 0.25) is 0 Å². The Labute approximate surface area is 145 Å². The van der Waals surface area contributed by atoms with Crippen LogP contribution in [0.25, 0.3) is 0 Å². The molecule has 0 fully saturated rings. The minimum absolute atomic E-state index is 0.0947. The summed E-state index contributed by atoms with van der Waals surface area (Å²) in [5.74, 6) is -1.73. The second-order valence-corrected chi connectivity index (χ2v) is 5.90. The second-order valence-electron chi connectivity index (χ2n) is 5.90. The summed E-state index contributed by atoms with van der Waals surface area (Å²) in [6.45, 7) is 4.78. The first-order valence-electron chi connectivity index (χ1n) is 7.91. The molecule has 132 valence electrons. The molecule has 2 atom stereocenters. The van der Waals surface area contributed by atoms with E-state index in [0.29, 0.717) is 11.3 Å². The van der Waals surface area contributed by atoms with Crippen molar-refractivity contribution in [3.63, 3.8) is 0 Å². The number of carbonyl (C=O) groups is 2. The van der Waals surface area contributed by atoms with Gasteiger partial charge < -0.3 is 5.32 Å². The number of ketones is 1. The fraction of sp³-hybridized carbons (Fsp3) is 0.263. The summed E-state index contributed by atoms with van der Waals surface area (Å²) in [6, 6.07) is 8.85. The molecular weight excluding hydrogens is 326 g/mol. The van der Waals surface area contributed by atoms with Gasteiger partial charge >= 0.3 is 0 Å². The van der Waals surface area contributed by atoms with Crippen LogP contribution in [-0.2, 0) is 4.79 Å². The predicted molar refractivity (Wildman–Crippen MR) is 92.4 cm³/mol. The third-order valence-corrected chi connectivity index (χ3v) is 3.86. The SMILES string of the molecule is CC(=O)c1cccc(NC(=O)[C@H](C)N[C@@H](C)c2ccc(F)cc2F)c1. The molecule has 4 nitrogen and oxygen atoms in total. The van der Waals surface area contributed by atoms with Crippen molar-refractivity contribution < 1.29 is 18.4 Å². The molecule has 2 N–H and O–H groups in total. The van der Waals surface area contributed by atoms with E-state index in [1.165, 1.54) is 19.1 Å². The third kappa shape index (κ3) is 4.93. The molecule has 2 aromatic rings. The molecule has 0 spiro atoms. The monoisotopic (exact) mass is 346 g/mol. The minimum Gasteiger partial charge on any atom is -0.325 e. The Kier molecular flexibility index (Phi) is 5.98. The van der Waals surface area contributed by atoms with Gasteiger partial charge in [0.2, 0.25) is 5.91 Å². The van der Waals surface area contributed by atoms with Gasteiger partial charge in [0.05, 0.1) is 6.04 Å². The van der Waals surface area contributed by atoms with Crippen LogP contribution in [0.1, 0.15) is 42.7 Å². The van der Waals surface area contributed by atoms with E-state index in [0.717, 1.165) is 6.07 Å². The number of benzene rings is 2. The summed E-state index contributed by atoms with van der Waals surface area (Å²) in [6.07, 6.45) is 0. The smallest absolute Gasteiger partial charge is 0.241 e. The first-order chi connectivity index (χ1) is 11.8. The summed E-state index contributed by atoms with van der Waals surface area (Å²) in [7, 11) is 0. The molecule has 25 heavy (non-hydrogen) atoms. The van der Waals surface area contributed by atoms with Crippen LogP contribution < -0.4 is 10.6 Å². The second kappa shape index (κ2) is 7.98. The highest BCUT2D eigenvalue weighted by Gasteiger charge is 2.19. The van der Waals surface area contributed by atoms with Gasteiger partial charge in [0.1, 0.15) is 11.6 Å². The summed E-state index contributed by atoms with van der Waals surface area (Å²) in [5, 5.41) is 5.68. The molecule has 0 radical (unpaired) electrons. The Morgan fingerprint density at radius 3 is 2.40 bits per heavy atom. The Morgan fingerprint density at radius 1 is 1.04 bits per heavy atom. The number of Topliss-reactive ketones (excluding diaryl/α,β-unsaturated/α-hetero) is 1. The maximum Gasteiger partial charge on any atom is 0.241 e. The lowest BCUT2D eigenvalue weighted by molar-refractivity contribution is -0.117. The lowest BCUT2D eigenvalue weighted by atomic mass is 10.1. The van der Waals surface area contributed by atoms with E-state index >= 15 is 0 Å². The number of hydrogen-bond acceptors (Lipinski definition) is 3. The van der Waals surface area contributed by atoms with Crippen LogP contribution in [0.4, 0.5) is 14.5 Å². The lowest BCUT2D eigenvalue weighted by Gasteiger charge is -2.20. The molecule has 0 aromatic heterocycles. The van der Waals surface area contributed by atoms with Crippen molar-refractivity contribution >= 4 is 17.4 Å². The first-order valence-corrected chi connectivity index (χ1v) is 7.91. The average molecular weight is 346 g/mol. The lowest BCUT2D eigenvalue weighted by Crippen LogP contribution is -2.39. The minimum atomic E-state index is -0.665. The van der Waals surface area contributed by atoms with E-state index in [9.17, 15) is 18.4 Å². The van der Waals surface area contributed by atoms with E-state index in [2.05, 4.69) is 10.6 Å². The van der Waals surface area contributed by atoms with Crippen LogP contribution in [0.3, 0.4) is 0 Å². The zero-order chi connectivity index (χ0) is 18.6. The Bertz CT molecular complexity index is 793. The number of amides is 1. The van der Waals surface area contributed by atoms with Crippen molar-refractivity contribution in [1.29, 1.82) is 0 Å². The van der Waals surface area contributed by atoms with Crippen molar-refractivity contribution in [2.45, 2.75) is 32.9 Å². The summed E-state index contributed by atoms with van der Waals surface area (Å²) < 4.78 is 26.8. The Hall–Kier alpha value is -2.60. The van der Waals surface area contributed by atoms with E-state index in [1.54, 1.807) is 38.1 Å². The van der Waals surface area contributed by atoms with Gasteiger partial charge in [0, 0.05) is 28.9 Å². The van der Waals surface area contributed by atoms with E-state index in [-0.39, 0.29) is 17.3 Å². The molecule has 0 saturated heterocycles. The maximum atomic E-state index is 13.8. The van der Waals surface area contributed by atoms with Gasteiger partial charge in [-0.1, -0.05) is 18.2 Å². The maximum absolute atomic E-state index is 13.8. The highest BCUT2D eigenvalue weighted by molar-refractivity contribution is 5.98. The molecule has 1 amide bonds. The van der Waals surface area contributed by atoms with Crippen LogP contribution in [0.5, 0.6) is 0 Å². The van der Waals surface area contributed by atoms with Gasteiger partial charge in [-0.25, -0.2) is 8.78 Å². The molecular formula is C19H20F2N2O2. The van der Waals surface area contributed by atoms with Gasteiger partial charge in [-0.2, -0.15) is 0 Å². The molecule has 0 heterocycles. The number of nitrogens with one attached hydrogen (secondary N) is 2. The van der Waals surface area contributed by atoms with Crippen LogP contribution in [-0.4, -0.2) is 17.7 Å². The van der Waals surface area contributed by atoms with Crippen LogP contribution >= 0.6 is 0 Å². The van der Waals surface area contributed by atoms with Gasteiger partial charge in [0.15, 0.2) is 5.78 Å². The van der Waals surface area contributed by atoms with Gasteiger partial charge in [-0.15, -0.1) is 0 Å². The van der Waals surface area contributed by atoms with Gasteiger partial charge in [-0.3, -0.25) is 14.9 Å². The zero-order valence-corrected chi connectivity index (χ0v) is 14.3. The van der Waals surface area contributed by atoms with Crippen molar-refractivity contribution in [2.24, 2.45) is 0 Å². The number of carbonyl (C=O) groups excluding carboxylic acids is 2. The van der Waals surface area contributed by atoms with E-state index < -0.39 is 23.7 Å². The van der Waals surface area contributed by atoms with Crippen molar-refractivity contribution in [3.05, 3.63) is 65.2 Å². The molecule has 0 aliphatic heterocycles. The highest BCUT2D eigenvalue weighted by Crippen LogP contribution is 2.18. The number of rotatable bonds is 6. The van der Waals surface area contributed by atoms with Crippen molar-refractivity contribution in [3.8, 4) is 0 Å². The largest absolute Gasteiger partial charge is 0.325 e. The predicted octanol–water partition coefficient (Wildman–Crippen LogP) is 3.85. The molecule has 0 bridgehead atoms. The Balaban J connectivity index is 2.02. The zero-order valence-electron chi connectivity index (χ0n) is 14.3. The van der Waals surface area contributed by atoms with Crippen molar-refractivity contribution in [1.82, 2.24) is 5.32 Å². The fourth-order valence-corrected chi connectivity index (χ4v) is 2.46. The molecule has 0 saturated carbocycles. The first kappa shape index (κ1) is 18.7. The molecule has 2 rings (SSSR count). The molecule has 6 heteroatoms. The normalized spacial score (nSPS) is 13.2. The number of halogens is 2. The van der Waals surface area contributed by atoms with E-state index in [1.807, 2.05) is 0 Å². The fourth-order valence-electron chi connectivity index (χ4n) is 2.46. The van der Waals surface area contributed by atoms with Crippen LogP contribution in [0, 0.1) is 11.6 Å². The number of anilines is 1. The summed E-state index contributed by atoms with van der Waals surface area (Å²) in [4.78, 5) is 23.7. The Morgan fingerprint density at radius 2 is 1.76 bits per heavy atom. The van der Waals surface area contributed by atoms with Gasteiger partial charge in [-0.05, 0) is 39.0 Å². The average Bonchev–Trinajstić information content (AvgIpc) is 2.54. The third-order valence-electron chi connectivity index (χ3n) is 3.86. The summed E-state index contributed by atoms with van der Waals surface area (Å²) in [5.41, 5.74) is 1.28. The highest BCUT2D eigenvalue weighted by atomic mass is 19.1. The molecule has 0 unspecified atom stereocenters. The number of hydrogen-bond donors (Lipinski definition) is 2. The van der Waals surface area contributed by atoms with Crippen molar-refractivity contribution in [2.75, 3.05) is 5.32 Å². The molecule has 0 aliphatic carbocycles. The van der Waals surface area contributed by atoms with Crippen LogP contribution in [0.15, 0.2) is 42.5 Å². The quantitative estimate of drug-likeness (QED) is 0.781. The molecule has 2 aromatic carbocycles. The molecule has 0 aliphatic rings. The summed E-state index contributed by atoms with van der Waals surface area (Å²) >= 11 is 0. The standard InChI is InChI=1S/C19H20F2N2O2/c1-11(17-8-7-15(20)10-18(17)21)22-12(2)19(25)23-16-6-4-5-14(9-16)13(3)24/h4-12,22H,1-3H3,(H,23,25)/t11-,12-/m0/s1.